The van der Waals surface area contributed by atoms with Crippen molar-refractivity contribution in [1.29, 1.82) is 0 Å². The molecule has 0 spiro atoms. The molecule has 8 heteroatoms. The first-order valence-corrected chi connectivity index (χ1v) is 17.3. The summed E-state index contributed by atoms with van der Waals surface area (Å²) in [5.41, 5.74) is -0.251. The van der Waals surface area contributed by atoms with Crippen molar-refractivity contribution in [3.63, 3.8) is 0 Å². The molecule has 0 radical (unpaired) electrons. The summed E-state index contributed by atoms with van der Waals surface area (Å²) in [4.78, 5) is 13.4. The fourth-order valence-electron chi connectivity index (χ4n) is 3.52. The zero-order valence-corrected chi connectivity index (χ0v) is 27.1. The van der Waals surface area contributed by atoms with Crippen LogP contribution in [0.25, 0.3) is 0 Å². The van der Waals surface area contributed by atoms with Crippen LogP contribution < -0.4 is 5.32 Å². The molecule has 0 aromatic rings. The molecular weight excluding hydrogens is 523 g/mol. The van der Waals surface area contributed by atoms with Gasteiger partial charge in [-0.3, -0.25) is 4.79 Å². The Morgan fingerprint density at radius 1 is 0.697 bits per heavy atom. The molecule has 1 N–H and O–H groups in total. The predicted octanol–water partition coefficient (Wildman–Crippen LogP) is 7.77. The van der Waals surface area contributed by atoms with Crippen LogP contribution in [-0.4, -0.2) is 61.2 Å². The maximum Gasteiger partial charge on any atom is 0.226 e. The number of thiol groups is 3. The van der Waals surface area contributed by atoms with E-state index in [2.05, 4.69) is 84.7 Å². The molecule has 198 valence electrons. The van der Waals surface area contributed by atoms with Gasteiger partial charge in [0, 0.05) is 43.5 Å². The van der Waals surface area contributed by atoms with Gasteiger partial charge in [0.15, 0.2) is 0 Å². The summed E-state index contributed by atoms with van der Waals surface area (Å²) in [5.74, 6) is 3.56. The van der Waals surface area contributed by atoms with Gasteiger partial charge in [-0.1, -0.05) is 41.5 Å². The van der Waals surface area contributed by atoms with Crippen molar-refractivity contribution >= 4 is 79.1 Å². The number of hydrogen-bond donors (Lipinski definition) is 4. The van der Waals surface area contributed by atoms with Crippen LogP contribution in [-0.2, 0) is 4.79 Å². The minimum Gasteiger partial charge on any atom is -0.356 e. The number of nitrogens with one attached hydrogen (secondary N) is 1. The number of hydrogen-bond acceptors (Lipinski definition) is 7. The Labute approximate surface area is 235 Å². The van der Waals surface area contributed by atoms with E-state index >= 15 is 0 Å². The Bertz CT molecular complexity index is 448. The Kier molecular flexibility index (Phi) is 20.6. The van der Waals surface area contributed by atoms with Crippen LogP contribution in [0.1, 0.15) is 87.0 Å². The first-order chi connectivity index (χ1) is 15.5. The molecule has 0 saturated carbocycles. The highest BCUT2D eigenvalue weighted by Gasteiger charge is 2.36. The lowest BCUT2D eigenvalue weighted by Crippen LogP contribution is -2.41. The molecule has 33 heavy (non-hydrogen) atoms. The topological polar surface area (TPSA) is 29.1 Å². The van der Waals surface area contributed by atoms with Gasteiger partial charge in [-0.25, -0.2) is 0 Å². The van der Waals surface area contributed by atoms with Crippen LogP contribution >= 0.6 is 73.2 Å². The summed E-state index contributed by atoms with van der Waals surface area (Å²) in [7, 11) is 0. The number of thioether (sulfide) groups is 3. The van der Waals surface area contributed by atoms with Gasteiger partial charge in [-0.2, -0.15) is 73.2 Å². The third-order valence-electron chi connectivity index (χ3n) is 6.40. The van der Waals surface area contributed by atoms with Gasteiger partial charge in [-0.05, 0) is 62.7 Å². The van der Waals surface area contributed by atoms with Crippen LogP contribution in [0.3, 0.4) is 0 Å². The van der Waals surface area contributed by atoms with Crippen molar-refractivity contribution in [3.8, 4) is 0 Å². The minimum absolute atomic E-state index is 0.251. The molecule has 0 rings (SSSR count). The molecule has 0 aliphatic carbocycles. The second kappa shape index (κ2) is 19.7. The molecule has 0 saturated heterocycles. The summed E-state index contributed by atoms with van der Waals surface area (Å²) < 4.78 is 0. The summed E-state index contributed by atoms with van der Waals surface area (Å²) in [6.07, 6.45) is 6.19. The minimum atomic E-state index is -0.251. The second-order valence-corrected chi connectivity index (χ2v) is 16.3. The number of rotatable bonds is 20. The molecule has 0 aliphatic heterocycles. The van der Waals surface area contributed by atoms with Crippen molar-refractivity contribution in [1.82, 2.24) is 5.32 Å². The van der Waals surface area contributed by atoms with Crippen LogP contribution in [0, 0.1) is 5.41 Å². The second-order valence-electron chi connectivity index (χ2n) is 9.40. The zero-order valence-electron chi connectivity index (χ0n) is 22.0. The molecule has 0 heterocycles. The molecule has 2 nitrogen and oxygen atoms in total. The van der Waals surface area contributed by atoms with Crippen LogP contribution in [0.2, 0.25) is 0 Å². The van der Waals surface area contributed by atoms with Crippen LogP contribution in [0.15, 0.2) is 0 Å². The first-order valence-electron chi connectivity index (χ1n) is 12.6. The molecule has 0 fully saturated rings. The fourth-order valence-corrected chi connectivity index (χ4v) is 7.18. The van der Waals surface area contributed by atoms with Gasteiger partial charge in [0.2, 0.25) is 5.91 Å². The average Bonchev–Trinajstić information content (AvgIpc) is 2.75. The highest BCUT2D eigenvalue weighted by molar-refractivity contribution is 8.01. The van der Waals surface area contributed by atoms with E-state index in [1.807, 2.05) is 42.2 Å². The van der Waals surface area contributed by atoms with E-state index in [0.717, 1.165) is 55.8 Å². The highest BCUT2D eigenvalue weighted by Crippen LogP contribution is 2.38. The first kappa shape index (κ1) is 34.6. The standard InChI is InChI=1S/C25H51NOS6/c1-8-26-24(27)25(12-9-15-31-21(5)18(2)28,13-10-16-32-22(6)19(3)29)14-11-17-33-23(7)20(4)30/h18-23,28-30H,8-17H2,1-7H3,(H,26,27). The molecule has 1 amide bonds. The highest BCUT2D eigenvalue weighted by atomic mass is 32.2. The molecule has 0 aromatic heterocycles. The lowest BCUT2D eigenvalue weighted by molar-refractivity contribution is -0.132. The predicted molar refractivity (Wildman–Crippen MR) is 170 cm³/mol. The Morgan fingerprint density at radius 2 is 1.00 bits per heavy atom. The van der Waals surface area contributed by atoms with Crippen molar-refractivity contribution in [2.75, 3.05) is 23.8 Å². The summed E-state index contributed by atoms with van der Waals surface area (Å²) in [6, 6.07) is 0. The summed E-state index contributed by atoms with van der Waals surface area (Å²) in [6.45, 7) is 16.0. The Hall–Kier alpha value is 1.57. The van der Waals surface area contributed by atoms with Gasteiger partial charge in [0.05, 0.1) is 0 Å². The van der Waals surface area contributed by atoms with Gasteiger partial charge < -0.3 is 5.32 Å². The van der Waals surface area contributed by atoms with E-state index in [-0.39, 0.29) is 11.3 Å². The van der Waals surface area contributed by atoms with E-state index in [1.165, 1.54) is 0 Å². The van der Waals surface area contributed by atoms with Gasteiger partial charge in [-0.15, -0.1) is 0 Å². The Balaban J connectivity index is 5.16. The number of carbonyl (C=O) groups excluding carboxylic acids is 1. The van der Waals surface area contributed by atoms with E-state index in [4.69, 9.17) is 0 Å². The van der Waals surface area contributed by atoms with Gasteiger partial charge >= 0.3 is 0 Å². The van der Waals surface area contributed by atoms with Crippen molar-refractivity contribution in [2.24, 2.45) is 5.41 Å². The van der Waals surface area contributed by atoms with E-state index in [1.54, 1.807) is 0 Å². The van der Waals surface area contributed by atoms with Crippen molar-refractivity contribution in [2.45, 2.75) is 118 Å². The van der Waals surface area contributed by atoms with E-state index in [9.17, 15) is 4.79 Å². The molecule has 0 aromatic carbocycles. The van der Waals surface area contributed by atoms with Gasteiger partial charge in [0.25, 0.3) is 0 Å². The molecule has 0 bridgehead atoms. The third kappa shape index (κ3) is 15.4. The monoisotopic (exact) mass is 573 g/mol. The Morgan fingerprint density at radius 3 is 1.24 bits per heavy atom. The lowest BCUT2D eigenvalue weighted by atomic mass is 9.74. The maximum atomic E-state index is 13.4. The normalized spacial score (nSPS) is 19.2. The van der Waals surface area contributed by atoms with Gasteiger partial charge in [0.1, 0.15) is 0 Å². The summed E-state index contributed by atoms with van der Waals surface area (Å²) >= 11 is 19.7. The maximum absolute atomic E-state index is 13.4. The number of carbonyl (C=O) groups is 1. The quantitative estimate of drug-likeness (QED) is 0.0885. The molecule has 0 aliphatic rings. The van der Waals surface area contributed by atoms with Crippen molar-refractivity contribution < 1.29 is 4.79 Å². The number of amides is 1. The molecular formula is C25H51NOS6. The smallest absolute Gasteiger partial charge is 0.226 e. The summed E-state index contributed by atoms with van der Waals surface area (Å²) in [5, 5.41) is 5.98. The lowest BCUT2D eigenvalue weighted by Gasteiger charge is -2.33. The average molecular weight is 574 g/mol. The fraction of sp³-hybridized carbons (Fsp3) is 0.960. The third-order valence-corrected chi connectivity index (χ3v) is 12.7. The molecule has 6 unspecified atom stereocenters. The van der Waals surface area contributed by atoms with E-state index in [0.29, 0.717) is 38.0 Å². The van der Waals surface area contributed by atoms with E-state index < -0.39 is 0 Å². The SMILES string of the molecule is CCNC(=O)C(CCCSC(C)C(C)S)(CCCSC(C)C(C)S)CCCSC(C)C(C)S. The molecule has 6 atom stereocenters. The van der Waals surface area contributed by atoms with Crippen molar-refractivity contribution in [3.05, 3.63) is 0 Å². The largest absolute Gasteiger partial charge is 0.356 e. The van der Waals surface area contributed by atoms with Crippen LogP contribution in [0.5, 0.6) is 0 Å². The van der Waals surface area contributed by atoms with Crippen LogP contribution in [0.4, 0.5) is 0 Å². The zero-order chi connectivity index (χ0) is 25.4.